The van der Waals surface area contributed by atoms with E-state index in [1.54, 1.807) is 0 Å². The average Bonchev–Trinajstić information content (AvgIpc) is 2.76. The molecule has 1 aliphatic carbocycles. The maximum Gasteiger partial charge on any atom is 0.0407 e. The minimum absolute atomic E-state index is 0.776. The molecule has 3 heteroatoms. The van der Waals surface area contributed by atoms with Crippen LogP contribution in [0.15, 0.2) is 47.0 Å². The van der Waals surface area contributed by atoms with Gasteiger partial charge in [0, 0.05) is 23.8 Å². The summed E-state index contributed by atoms with van der Waals surface area (Å²) in [5, 5.41) is 0.776. The molecule has 0 N–H and O–H groups in total. The quantitative estimate of drug-likeness (QED) is 0.675. The molecule has 0 aliphatic heterocycles. The Balaban J connectivity index is 2.15. The topological polar surface area (TPSA) is 3.24 Å². The van der Waals surface area contributed by atoms with Gasteiger partial charge < -0.3 is 4.90 Å². The fraction of sp³-hybridized carbons (Fsp3) is 0.333. The van der Waals surface area contributed by atoms with Crippen LogP contribution in [0.2, 0.25) is 5.02 Å². The second kappa shape index (κ2) is 6.44. The molecule has 0 unspecified atom stereocenters. The highest BCUT2D eigenvalue weighted by molar-refractivity contribution is 9.11. The first kappa shape index (κ1) is 13.7. The van der Waals surface area contributed by atoms with Gasteiger partial charge in [-0.05, 0) is 53.6 Å². The van der Waals surface area contributed by atoms with Crippen molar-refractivity contribution >= 4 is 33.2 Å². The SMILES string of the molecule is C=CCN(CC1=C(Br)CCC1)c1ccc(Cl)cc1. The molecule has 0 radical (unpaired) electrons. The minimum atomic E-state index is 0.776. The Morgan fingerprint density at radius 3 is 2.56 bits per heavy atom. The number of rotatable bonds is 5. The van der Waals surface area contributed by atoms with Crippen LogP contribution in [0, 0.1) is 0 Å². The largest absolute Gasteiger partial charge is 0.364 e. The van der Waals surface area contributed by atoms with Crippen molar-refractivity contribution in [2.45, 2.75) is 19.3 Å². The smallest absolute Gasteiger partial charge is 0.0407 e. The van der Waals surface area contributed by atoms with E-state index in [1.807, 2.05) is 18.2 Å². The summed E-state index contributed by atoms with van der Waals surface area (Å²) in [6.45, 7) is 5.66. The lowest BCUT2D eigenvalue weighted by Gasteiger charge is -2.24. The molecule has 0 spiro atoms. The molecule has 0 fully saturated rings. The molecule has 1 nitrogen and oxygen atoms in total. The maximum absolute atomic E-state index is 5.93. The number of allylic oxidation sites excluding steroid dienone is 1. The Morgan fingerprint density at radius 1 is 1.28 bits per heavy atom. The van der Waals surface area contributed by atoms with E-state index in [0.29, 0.717) is 0 Å². The summed E-state index contributed by atoms with van der Waals surface area (Å²) in [4.78, 5) is 2.32. The Morgan fingerprint density at radius 2 is 2.00 bits per heavy atom. The fourth-order valence-electron chi connectivity index (χ4n) is 2.23. The van der Waals surface area contributed by atoms with Gasteiger partial charge in [-0.15, -0.1) is 6.58 Å². The molecule has 0 saturated heterocycles. The third-order valence-corrected chi connectivity index (χ3v) is 4.39. The summed E-state index contributed by atoms with van der Waals surface area (Å²) in [5.41, 5.74) is 2.70. The van der Waals surface area contributed by atoms with Gasteiger partial charge in [-0.3, -0.25) is 0 Å². The van der Waals surface area contributed by atoms with E-state index in [1.165, 1.54) is 35.0 Å². The number of hydrogen-bond donors (Lipinski definition) is 0. The lowest BCUT2D eigenvalue weighted by atomic mass is 10.2. The third-order valence-electron chi connectivity index (χ3n) is 3.18. The van der Waals surface area contributed by atoms with Gasteiger partial charge in [0.2, 0.25) is 0 Å². The van der Waals surface area contributed by atoms with Crippen molar-refractivity contribution in [3.05, 3.63) is 52.0 Å². The molecule has 0 heterocycles. The zero-order valence-electron chi connectivity index (χ0n) is 10.3. The molecule has 96 valence electrons. The molecule has 0 bridgehead atoms. The van der Waals surface area contributed by atoms with Gasteiger partial charge in [-0.1, -0.05) is 33.6 Å². The van der Waals surface area contributed by atoms with Crippen molar-refractivity contribution in [1.82, 2.24) is 0 Å². The van der Waals surface area contributed by atoms with Crippen LogP contribution in [-0.2, 0) is 0 Å². The summed E-state index contributed by atoms with van der Waals surface area (Å²) < 4.78 is 1.38. The highest BCUT2D eigenvalue weighted by atomic mass is 79.9. The third kappa shape index (κ3) is 3.39. The molecule has 18 heavy (non-hydrogen) atoms. The lowest BCUT2D eigenvalue weighted by Crippen LogP contribution is -2.25. The molecule has 0 aromatic heterocycles. The summed E-state index contributed by atoms with van der Waals surface area (Å²) >= 11 is 9.61. The van der Waals surface area contributed by atoms with Crippen LogP contribution in [0.5, 0.6) is 0 Å². The van der Waals surface area contributed by atoms with E-state index in [-0.39, 0.29) is 0 Å². The van der Waals surface area contributed by atoms with E-state index < -0.39 is 0 Å². The summed E-state index contributed by atoms with van der Waals surface area (Å²) in [6, 6.07) is 8.00. The van der Waals surface area contributed by atoms with E-state index in [2.05, 4.69) is 39.5 Å². The molecular formula is C15H17BrClN. The standard InChI is InChI=1S/C15H17BrClN/c1-2-10-18(11-12-4-3-5-15(12)16)14-8-6-13(17)7-9-14/h2,6-9H,1,3-5,10-11H2. The van der Waals surface area contributed by atoms with Crippen LogP contribution < -0.4 is 4.90 Å². The normalized spacial score (nSPS) is 15.0. The lowest BCUT2D eigenvalue weighted by molar-refractivity contribution is 0.850. The Bertz CT molecular complexity index is 450. The highest BCUT2D eigenvalue weighted by Gasteiger charge is 2.15. The zero-order valence-corrected chi connectivity index (χ0v) is 12.7. The van der Waals surface area contributed by atoms with Gasteiger partial charge in [-0.2, -0.15) is 0 Å². The van der Waals surface area contributed by atoms with E-state index >= 15 is 0 Å². The van der Waals surface area contributed by atoms with Crippen LogP contribution in [0.1, 0.15) is 19.3 Å². The molecular weight excluding hydrogens is 310 g/mol. The zero-order chi connectivity index (χ0) is 13.0. The summed E-state index contributed by atoms with van der Waals surface area (Å²) in [6.07, 6.45) is 5.58. The van der Waals surface area contributed by atoms with Gasteiger partial charge in [-0.25, -0.2) is 0 Å². The van der Waals surface area contributed by atoms with Crippen LogP contribution in [0.25, 0.3) is 0 Å². The summed E-state index contributed by atoms with van der Waals surface area (Å²) in [5.74, 6) is 0. The predicted molar refractivity (Wildman–Crippen MR) is 83.7 cm³/mol. The minimum Gasteiger partial charge on any atom is -0.364 e. The first-order valence-electron chi connectivity index (χ1n) is 6.18. The molecule has 0 saturated carbocycles. The van der Waals surface area contributed by atoms with Crippen LogP contribution >= 0.6 is 27.5 Å². The van der Waals surface area contributed by atoms with Crippen molar-refractivity contribution in [3.63, 3.8) is 0 Å². The van der Waals surface area contributed by atoms with E-state index in [0.717, 1.165) is 18.1 Å². The van der Waals surface area contributed by atoms with Gasteiger partial charge in [0.25, 0.3) is 0 Å². The molecule has 1 aromatic rings. The summed E-state index contributed by atoms with van der Waals surface area (Å²) in [7, 11) is 0. The Labute approximate surface area is 122 Å². The number of nitrogens with zero attached hydrogens (tertiary/aromatic N) is 1. The fourth-order valence-corrected chi connectivity index (χ4v) is 2.96. The van der Waals surface area contributed by atoms with Gasteiger partial charge >= 0.3 is 0 Å². The number of halogens is 2. The average molecular weight is 327 g/mol. The highest BCUT2D eigenvalue weighted by Crippen LogP contribution is 2.31. The second-order valence-corrected chi connectivity index (χ2v) is 5.90. The van der Waals surface area contributed by atoms with Crippen LogP contribution in [0.3, 0.4) is 0 Å². The first-order valence-corrected chi connectivity index (χ1v) is 7.35. The number of hydrogen-bond acceptors (Lipinski definition) is 1. The maximum atomic E-state index is 5.93. The molecule has 0 amide bonds. The molecule has 2 rings (SSSR count). The Kier molecular flexibility index (Phi) is 4.90. The predicted octanol–water partition coefficient (Wildman–Crippen LogP) is 5.17. The number of anilines is 1. The van der Waals surface area contributed by atoms with Crippen molar-refractivity contribution in [2.24, 2.45) is 0 Å². The first-order chi connectivity index (χ1) is 8.70. The molecule has 1 aromatic carbocycles. The number of benzene rings is 1. The van der Waals surface area contributed by atoms with Crippen molar-refractivity contribution in [1.29, 1.82) is 0 Å². The second-order valence-electron chi connectivity index (χ2n) is 4.51. The van der Waals surface area contributed by atoms with Gasteiger partial charge in [0.05, 0.1) is 0 Å². The van der Waals surface area contributed by atoms with Crippen molar-refractivity contribution in [3.8, 4) is 0 Å². The Hall–Kier alpha value is -0.730. The van der Waals surface area contributed by atoms with Gasteiger partial charge in [0.15, 0.2) is 0 Å². The van der Waals surface area contributed by atoms with Gasteiger partial charge in [0.1, 0.15) is 0 Å². The van der Waals surface area contributed by atoms with E-state index in [9.17, 15) is 0 Å². The van der Waals surface area contributed by atoms with E-state index in [4.69, 9.17) is 11.6 Å². The van der Waals surface area contributed by atoms with Crippen molar-refractivity contribution in [2.75, 3.05) is 18.0 Å². The molecule has 0 atom stereocenters. The van der Waals surface area contributed by atoms with Crippen molar-refractivity contribution < 1.29 is 0 Å². The monoisotopic (exact) mass is 325 g/mol. The van der Waals surface area contributed by atoms with Crippen LogP contribution in [0.4, 0.5) is 5.69 Å². The molecule has 1 aliphatic rings. The van der Waals surface area contributed by atoms with Crippen LogP contribution in [-0.4, -0.2) is 13.1 Å².